The van der Waals surface area contributed by atoms with Crippen molar-refractivity contribution in [1.82, 2.24) is 29.9 Å². The molecule has 1 aromatic heterocycles. The minimum absolute atomic E-state index is 0.0338. The molecule has 0 unspecified atom stereocenters. The summed E-state index contributed by atoms with van der Waals surface area (Å²) in [7, 11) is 3.98. The molecule has 1 fully saturated rings. The second kappa shape index (κ2) is 7.19. The van der Waals surface area contributed by atoms with Crippen LogP contribution in [0.2, 0.25) is 0 Å². The largest absolute Gasteiger partial charge is 0.341 e. The lowest BCUT2D eigenvalue weighted by atomic mass is 9.94. The van der Waals surface area contributed by atoms with Gasteiger partial charge in [0.2, 0.25) is 5.91 Å². The number of hydrogen-bond acceptors (Lipinski definition) is 5. The molecule has 0 saturated carbocycles. The fourth-order valence-corrected chi connectivity index (χ4v) is 4.06. The number of carbonyl (C=O) groups is 1. The number of likely N-dealkylation sites (tertiary alicyclic amines) is 1. The van der Waals surface area contributed by atoms with E-state index in [9.17, 15) is 4.79 Å². The minimum Gasteiger partial charge on any atom is -0.341 e. The van der Waals surface area contributed by atoms with E-state index in [2.05, 4.69) is 33.9 Å². The van der Waals surface area contributed by atoms with Gasteiger partial charge >= 0.3 is 0 Å². The Bertz CT molecular complexity index is 566. The summed E-state index contributed by atoms with van der Waals surface area (Å²) in [6, 6.07) is -0.0338. The quantitative estimate of drug-likeness (QED) is 0.877. The highest BCUT2D eigenvalue weighted by Crippen LogP contribution is 2.28. The van der Waals surface area contributed by atoms with Gasteiger partial charge in [-0.15, -0.1) is 10.2 Å². The van der Waals surface area contributed by atoms with Crippen molar-refractivity contribution in [2.45, 2.75) is 51.7 Å². The second-order valence-electron chi connectivity index (χ2n) is 7.55. The molecule has 3 heterocycles. The van der Waals surface area contributed by atoms with Gasteiger partial charge < -0.3 is 14.8 Å². The van der Waals surface area contributed by atoms with Gasteiger partial charge in [0.25, 0.3) is 0 Å². The number of amides is 1. The van der Waals surface area contributed by atoms with E-state index in [4.69, 9.17) is 0 Å². The zero-order valence-corrected chi connectivity index (χ0v) is 15.3. The number of carbonyl (C=O) groups excluding carboxylic acids is 1. The molecule has 0 spiro atoms. The lowest BCUT2D eigenvalue weighted by Gasteiger charge is -2.37. The first-order valence-electron chi connectivity index (χ1n) is 9.07. The van der Waals surface area contributed by atoms with Crippen LogP contribution in [0.25, 0.3) is 0 Å². The Labute approximate surface area is 144 Å². The summed E-state index contributed by atoms with van der Waals surface area (Å²) in [5.74, 6) is 3.17. The molecule has 1 amide bonds. The molecule has 0 bridgehead atoms. The molecule has 1 saturated heterocycles. The van der Waals surface area contributed by atoms with Gasteiger partial charge in [-0.25, -0.2) is 0 Å². The van der Waals surface area contributed by atoms with Gasteiger partial charge in [0.1, 0.15) is 11.6 Å². The molecule has 0 radical (unpaired) electrons. The fourth-order valence-electron chi connectivity index (χ4n) is 4.06. The van der Waals surface area contributed by atoms with Crippen LogP contribution in [0.15, 0.2) is 0 Å². The van der Waals surface area contributed by atoms with Crippen molar-refractivity contribution in [3.8, 4) is 0 Å². The molecule has 1 atom stereocenters. The number of rotatable bonds is 4. The van der Waals surface area contributed by atoms with Crippen LogP contribution >= 0.6 is 0 Å². The van der Waals surface area contributed by atoms with Crippen molar-refractivity contribution >= 4 is 5.91 Å². The minimum atomic E-state index is -0.0338. The molecule has 2 aliphatic rings. The third kappa shape index (κ3) is 3.32. The summed E-state index contributed by atoms with van der Waals surface area (Å²) < 4.78 is 2.27. The van der Waals surface area contributed by atoms with Crippen LogP contribution in [0.4, 0.5) is 0 Å². The molecule has 7 nitrogen and oxygen atoms in total. The van der Waals surface area contributed by atoms with E-state index in [1.54, 1.807) is 0 Å². The molecule has 3 rings (SSSR count). The molecule has 134 valence electrons. The third-order valence-electron chi connectivity index (χ3n) is 5.26. The lowest BCUT2D eigenvalue weighted by molar-refractivity contribution is -0.138. The Morgan fingerprint density at radius 2 is 1.92 bits per heavy atom. The summed E-state index contributed by atoms with van der Waals surface area (Å²) in [5, 5.41) is 12.1. The van der Waals surface area contributed by atoms with Gasteiger partial charge in [-0.1, -0.05) is 13.8 Å². The lowest BCUT2D eigenvalue weighted by Crippen LogP contribution is -2.50. The van der Waals surface area contributed by atoms with Gasteiger partial charge in [-0.3, -0.25) is 9.69 Å². The average molecular weight is 334 g/mol. The number of hydrogen-bond donors (Lipinski definition) is 1. The Hall–Kier alpha value is -1.47. The molecule has 24 heavy (non-hydrogen) atoms. The standard InChI is InChI=1S/C17H30N6O/c1-12(2)15(21(3)4)17(24)22-8-5-13(6-9-22)16-20-19-14-11-18-7-10-23(14)16/h12-13,15,18H,5-11H2,1-4H3/t15-/m0/s1. The second-order valence-corrected chi connectivity index (χ2v) is 7.55. The molecule has 0 aromatic carbocycles. The van der Waals surface area contributed by atoms with E-state index in [-0.39, 0.29) is 11.9 Å². The van der Waals surface area contributed by atoms with Crippen molar-refractivity contribution in [3.63, 3.8) is 0 Å². The predicted molar refractivity (Wildman–Crippen MR) is 92.6 cm³/mol. The monoisotopic (exact) mass is 334 g/mol. The summed E-state index contributed by atoms with van der Waals surface area (Å²) in [6.07, 6.45) is 1.96. The third-order valence-corrected chi connectivity index (χ3v) is 5.26. The van der Waals surface area contributed by atoms with Crippen LogP contribution in [0.3, 0.4) is 0 Å². The number of aromatic nitrogens is 3. The zero-order valence-electron chi connectivity index (χ0n) is 15.3. The average Bonchev–Trinajstić information content (AvgIpc) is 2.98. The van der Waals surface area contributed by atoms with E-state index in [1.807, 2.05) is 23.9 Å². The van der Waals surface area contributed by atoms with Gasteiger partial charge in [-0.2, -0.15) is 0 Å². The van der Waals surface area contributed by atoms with E-state index < -0.39 is 0 Å². The normalized spacial score (nSPS) is 20.5. The van der Waals surface area contributed by atoms with Gasteiger partial charge in [0.05, 0.1) is 12.6 Å². The molecule has 1 N–H and O–H groups in total. The van der Waals surface area contributed by atoms with E-state index >= 15 is 0 Å². The van der Waals surface area contributed by atoms with Crippen molar-refractivity contribution in [1.29, 1.82) is 0 Å². The smallest absolute Gasteiger partial charge is 0.240 e. The van der Waals surface area contributed by atoms with Crippen LogP contribution in [0.1, 0.15) is 44.3 Å². The van der Waals surface area contributed by atoms with Crippen molar-refractivity contribution in [2.75, 3.05) is 33.7 Å². The Kier molecular flexibility index (Phi) is 5.20. The van der Waals surface area contributed by atoms with Crippen LogP contribution in [0, 0.1) is 5.92 Å². The van der Waals surface area contributed by atoms with Crippen molar-refractivity contribution in [3.05, 3.63) is 11.6 Å². The van der Waals surface area contributed by atoms with Crippen LogP contribution < -0.4 is 5.32 Å². The zero-order chi connectivity index (χ0) is 17.3. The number of fused-ring (bicyclic) bond motifs is 1. The summed E-state index contributed by atoms with van der Waals surface area (Å²) in [4.78, 5) is 16.9. The van der Waals surface area contributed by atoms with Crippen LogP contribution in [-0.2, 0) is 17.9 Å². The van der Waals surface area contributed by atoms with Gasteiger partial charge in [0, 0.05) is 32.1 Å². The first kappa shape index (κ1) is 17.4. The number of nitrogens with zero attached hydrogens (tertiary/aromatic N) is 5. The highest BCUT2D eigenvalue weighted by Gasteiger charge is 2.33. The van der Waals surface area contributed by atoms with Crippen LogP contribution in [-0.4, -0.2) is 70.2 Å². The van der Waals surface area contributed by atoms with Crippen LogP contribution in [0.5, 0.6) is 0 Å². The number of piperidine rings is 1. The summed E-state index contributed by atoms with van der Waals surface area (Å²) >= 11 is 0. The maximum atomic E-state index is 12.8. The molecule has 0 aliphatic carbocycles. The van der Waals surface area contributed by atoms with Gasteiger partial charge in [-0.05, 0) is 32.9 Å². The Morgan fingerprint density at radius 3 is 2.54 bits per heavy atom. The number of nitrogens with one attached hydrogen (secondary N) is 1. The van der Waals surface area contributed by atoms with E-state index in [0.717, 1.165) is 57.2 Å². The van der Waals surface area contributed by atoms with Gasteiger partial charge in [0.15, 0.2) is 0 Å². The maximum absolute atomic E-state index is 12.8. The topological polar surface area (TPSA) is 66.3 Å². The van der Waals surface area contributed by atoms with E-state index in [1.165, 1.54) is 0 Å². The molecular weight excluding hydrogens is 304 g/mol. The fraction of sp³-hybridized carbons (Fsp3) is 0.824. The number of likely N-dealkylation sites (N-methyl/N-ethyl adjacent to an activating group) is 1. The highest BCUT2D eigenvalue weighted by molar-refractivity contribution is 5.82. The summed E-state index contributed by atoms with van der Waals surface area (Å²) in [6.45, 7) is 8.62. The molecule has 7 heteroatoms. The Balaban J connectivity index is 1.63. The molecule has 2 aliphatic heterocycles. The first-order chi connectivity index (χ1) is 11.5. The predicted octanol–water partition coefficient (Wildman–Crippen LogP) is 0.674. The van der Waals surface area contributed by atoms with E-state index in [0.29, 0.717) is 11.8 Å². The summed E-state index contributed by atoms with van der Waals surface area (Å²) in [5.41, 5.74) is 0. The highest BCUT2D eigenvalue weighted by atomic mass is 16.2. The molecule has 1 aromatic rings. The first-order valence-corrected chi connectivity index (χ1v) is 9.07. The maximum Gasteiger partial charge on any atom is 0.240 e. The SMILES string of the molecule is CC(C)[C@@H](C(=O)N1CCC(c2nnc3n2CCNC3)CC1)N(C)C. The van der Waals surface area contributed by atoms with Crippen molar-refractivity contribution in [2.24, 2.45) is 5.92 Å². The molecular formula is C17H30N6O. The van der Waals surface area contributed by atoms with Crippen molar-refractivity contribution < 1.29 is 4.79 Å². The Morgan fingerprint density at radius 1 is 1.21 bits per heavy atom.